The van der Waals surface area contributed by atoms with Crippen LogP contribution in [0, 0.1) is 0 Å². The molecular formula is C15H24N2O2. The van der Waals surface area contributed by atoms with Gasteiger partial charge in [-0.2, -0.15) is 0 Å². The van der Waals surface area contributed by atoms with Crippen LogP contribution in [0.1, 0.15) is 49.4 Å². The second kappa shape index (κ2) is 8.40. The number of methoxy groups -OCH3 is 1. The molecule has 0 aliphatic carbocycles. The van der Waals surface area contributed by atoms with E-state index in [9.17, 15) is 4.79 Å². The fourth-order valence-corrected chi connectivity index (χ4v) is 1.95. The summed E-state index contributed by atoms with van der Waals surface area (Å²) < 4.78 is 5.26. The Kier molecular flexibility index (Phi) is 6.79. The van der Waals surface area contributed by atoms with Crippen LogP contribution < -0.4 is 15.8 Å². The molecule has 19 heavy (non-hydrogen) atoms. The molecule has 0 aliphatic heterocycles. The van der Waals surface area contributed by atoms with Crippen molar-refractivity contribution in [3.8, 4) is 5.75 Å². The van der Waals surface area contributed by atoms with Crippen molar-refractivity contribution in [1.82, 2.24) is 0 Å². The molecule has 1 aromatic carbocycles. The number of amides is 1. The van der Waals surface area contributed by atoms with E-state index in [4.69, 9.17) is 10.5 Å². The van der Waals surface area contributed by atoms with Crippen molar-refractivity contribution in [2.24, 2.45) is 5.73 Å². The fourth-order valence-electron chi connectivity index (χ4n) is 1.95. The number of benzene rings is 1. The highest BCUT2D eigenvalue weighted by atomic mass is 16.5. The third-order valence-electron chi connectivity index (χ3n) is 3.08. The van der Waals surface area contributed by atoms with Gasteiger partial charge in [0.05, 0.1) is 12.8 Å². The van der Waals surface area contributed by atoms with Gasteiger partial charge < -0.3 is 15.8 Å². The number of rotatable bonds is 9. The summed E-state index contributed by atoms with van der Waals surface area (Å²) in [4.78, 5) is 11.2. The average Bonchev–Trinajstić information content (AvgIpc) is 2.42. The molecule has 1 aromatic rings. The molecule has 4 nitrogen and oxygen atoms in total. The summed E-state index contributed by atoms with van der Waals surface area (Å²) in [6.07, 6.45) is 6.15. The topological polar surface area (TPSA) is 64.3 Å². The Morgan fingerprint density at radius 3 is 2.63 bits per heavy atom. The Labute approximate surface area is 115 Å². The molecule has 1 rings (SSSR count). The maximum atomic E-state index is 11.2. The first kappa shape index (κ1) is 15.3. The monoisotopic (exact) mass is 264 g/mol. The van der Waals surface area contributed by atoms with E-state index < -0.39 is 5.91 Å². The summed E-state index contributed by atoms with van der Waals surface area (Å²) in [6, 6.07) is 5.18. The van der Waals surface area contributed by atoms with Crippen LogP contribution in [-0.2, 0) is 0 Å². The van der Waals surface area contributed by atoms with E-state index in [0.717, 1.165) is 24.4 Å². The van der Waals surface area contributed by atoms with Crippen molar-refractivity contribution in [2.45, 2.75) is 39.0 Å². The van der Waals surface area contributed by atoms with Crippen LogP contribution in [0.2, 0.25) is 0 Å². The molecule has 0 aromatic heterocycles. The van der Waals surface area contributed by atoms with Gasteiger partial charge in [-0.3, -0.25) is 4.79 Å². The zero-order chi connectivity index (χ0) is 14.1. The first-order chi connectivity index (χ1) is 9.19. The number of hydrogen-bond donors (Lipinski definition) is 2. The van der Waals surface area contributed by atoms with Crippen LogP contribution in [0.4, 0.5) is 5.69 Å². The smallest absolute Gasteiger partial charge is 0.248 e. The lowest BCUT2D eigenvalue weighted by molar-refractivity contribution is 0.100. The first-order valence-electron chi connectivity index (χ1n) is 6.90. The number of hydrogen-bond acceptors (Lipinski definition) is 3. The highest BCUT2D eigenvalue weighted by molar-refractivity contribution is 5.94. The van der Waals surface area contributed by atoms with Gasteiger partial charge in [0.1, 0.15) is 5.75 Å². The van der Waals surface area contributed by atoms with Crippen molar-refractivity contribution in [1.29, 1.82) is 0 Å². The summed E-state index contributed by atoms with van der Waals surface area (Å²) in [5.41, 5.74) is 6.60. The highest BCUT2D eigenvalue weighted by Crippen LogP contribution is 2.25. The van der Waals surface area contributed by atoms with E-state index in [1.54, 1.807) is 25.3 Å². The van der Waals surface area contributed by atoms with E-state index in [1.807, 2.05) is 0 Å². The first-order valence-corrected chi connectivity index (χ1v) is 6.90. The van der Waals surface area contributed by atoms with Gasteiger partial charge in [0, 0.05) is 12.1 Å². The number of unbranched alkanes of at least 4 members (excludes halogenated alkanes) is 4. The van der Waals surface area contributed by atoms with E-state index in [0.29, 0.717) is 5.56 Å². The van der Waals surface area contributed by atoms with Gasteiger partial charge in [-0.15, -0.1) is 0 Å². The lowest BCUT2D eigenvalue weighted by atomic mass is 10.1. The van der Waals surface area contributed by atoms with E-state index in [2.05, 4.69) is 12.2 Å². The number of ether oxygens (including phenoxy) is 1. The van der Waals surface area contributed by atoms with Crippen LogP contribution in [0.15, 0.2) is 18.2 Å². The molecule has 0 atom stereocenters. The predicted molar refractivity (Wildman–Crippen MR) is 78.8 cm³/mol. The molecule has 0 heterocycles. The summed E-state index contributed by atoms with van der Waals surface area (Å²) in [6.45, 7) is 3.08. The van der Waals surface area contributed by atoms with E-state index in [1.165, 1.54) is 25.7 Å². The highest BCUT2D eigenvalue weighted by Gasteiger charge is 2.07. The van der Waals surface area contributed by atoms with Gasteiger partial charge in [0.15, 0.2) is 0 Å². The van der Waals surface area contributed by atoms with Crippen molar-refractivity contribution in [2.75, 3.05) is 19.0 Å². The van der Waals surface area contributed by atoms with Crippen LogP contribution in [0.25, 0.3) is 0 Å². The van der Waals surface area contributed by atoms with Gasteiger partial charge in [0.25, 0.3) is 0 Å². The van der Waals surface area contributed by atoms with Gasteiger partial charge in [-0.05, 0) is 24.6 Å². The lowest BCUT2D eigenvalue weighted by Gasteiger charge is -2.12. The van der Waals surface area contributed by atoms with E-state index >= 15 is 0 Å². The molecule has 0 saturated carbocycles. The summed E-state index contributed by atoms with van der Waals surface area (Å²) >= 11 is 0. The van der Waals surface area contributed by atoms with Crippen molar-refractivity contribution >= 4 is 11.6 Å². The summed E-state index contributed by atoms with van der Waals surface area (Å²) in [5.74, 6) is 0.312. The molecule has 1 amide bonds. The number of carbonyl (C=O) groups excluding carboxylic acids is 1. The number of nitrogens with one attached hydrogen (secondary N) is 1. The van der Waals surface area contributed by atoms with Crippen LogP contribution in [-0.4, -0.2) is 19.6 Å². The molecule has 0 saturated heterocycles. The zero-order valence-electron chi connectivity index (χ0n) is 11.9. The molecule has 0 aliphatic rings. The van der Waals surface area contributed by atoms with Crippen molar-refractivity contribution < 1.29 is 9.53 Å². The Morgan fingerprint density at radius 2 is 2.00 bits per heavy atom. The average molecular weight is 264 g/mol. The van der Waals surface area contributed by atoms with Crippen molar-refractivity contribution in [3.63, 3.8) is 0 Å². The van der Waals surface area contributed by atoms with Crippen LogP contribution >= 0.6 is 0 Å². The summed E-state index contributed by atoms with van der Waals surface area (Å²) in [5, 5.41) is 3.30. The second-order valence-electron chi connectivity index (χ2n) is 4.62. The maximum Gasteiger partial charge on any atom is 0.248 e. The molecule has 106 valence electrons. The number of primary amides is 1. The molecule has 0 fully saturated rings. The largest absolute Gasteiger partial charge is 0.495 e. The van der Waals surface area contributed by atoms with Crippen LogP contribution in [0.5, 0.6) is 5.75 Å². The van der Waals surface area contributed by atoms with Crippen molar-refractivity contribution in [3.05, 3.63) is 23.8 Å². The van der Waals surface area contributed by atoms with Crippen LogP contribution in [0.3, 0.4) is 0 Å². The number of carbonyl (C=O) groups is 1. The standard InChI is InChI=1S/C15H24N2O2/c1-3-4-5-6-7-10-17-13-11-12(15(16)18)8-9-14(13)19-2/h8-9,11,17H,3-7,10H2,1-2H3,(H2,16,18). The van der Waals surface area contributed by atoms with Gasteiger partial charge in [-0.25, -0.2) is 0 Å². The normalized spacial score (nSPS) is 10.2. The SMILES string of the molecule is CCCCCCCNc1cc(C(N)=O)ccc1OC. The van der Waals surface area contributed by atoms with E-state index in [-0.39, 0.29) is 0 Å². The summed E-state index contributed by atoms with van der Waals surface area (Å²) in [7, 11) is 1.62. The maximum absolute atomic E-state index is 11.2. The molecular weight excluding hydrogens is 240 g/mol. The lowest BCUT2D eigenvalue weighted by Crippen LogP contribution is -2.12. The minimum absolute atomic E-state index is 0.423. The minimum atomic E-state index is -0.423. The number of nitrogens with two attached hydrogens (primary N) is 1. The minimum Gasteiger partial charge on any atom is -0.495 e. The fraction of sp³-hybridized carbons (Fsp3) is 0.533. The third-order valence-corrected chi connectivity index (χ3v) is 3.08. The number of anilines is 1. The predicted octanol–water partition coefficient (Wildman–Crippen LogP) is 3.18. The quantitative estimate of drug-likeness (QED) is 0.673. The van der Waals surface area contributed by atoms with Gasteiger partial charge >= 0.3 is 0 Å². The van der Waals surface area contributed by atoms with Gasteiger partial charge in [0.2, 0.25) is 5.91 Å². The van der Waals surface area contributed by atoms with Gasteiger partial charge in [-0.1, -0.05) is 32.6 Å². The molecule has 0 radical (unpaired) electrons. The third kappa shape index (κ3) is 5.20. The Balaban J connectivity index is 2.50. The molecule has 0 bridgehead atoms. The molecule has 0 unspecified atom stereocenters. The molecule has 0 spiro atoms. The Bertz CT molecular complexity index is 405. The second-order valence-corrected chi connectivity index (χ2v) is 4.62. The zero-order valence-corrected chi connectivity index (χ0v) is 11.9. The molecule has 3 N–H and O–H groups in total. The Morgan fingerprint density at radius 1 is 1.26 bits per heavy atom. The Hall–Kier alpha value is -1.71. The molecule has 4 heteroatoms.